The van der Waals surface area contributed by atoms with Gasteiger partial charge in [-0.15, -0.1) is 0 Å². The molecule has 0 aliphatic carbocycles. The molecule has 3 rings (SSSR count). The number of hydrogen-bond donors (Lipinski definition) is 0. The number of hydrogen-bond acceptors (Lipinski definition) is 3. The topological polar surface area (TPSA) is 30.8 Å². The first-order valence-electron chi connectivity index (χ1n) is 19.7. The van der Waals surface area contributed by atoms with Crippen LogP contribution in [0.2, 0.25) is 4.25 Å². The van der Waals surface area contributed by atoms with E-state index in [0.29, 0.717) is 23.7 Å². The van der Waals surface area contributed by atoms with Crippen molar-refractivity contribution in [1.29, 1.82) is 0 Å². The van der Waals surface area contributed by atoms with Crippen LogP contribution in [0.25, 0.3) is 0 Å². The summed E-state index contributed by atoms with van der Waals surface area (Å²) in [7, 11) is 2.89. The van der Waals surface area contributed by atoms with Crippen LogP contribution >= 0.6 is 8.20 Å². The number of rotatable bonds is 11. The van der Waals surface area contributed by atoms with Crippen molar-refractivity contribution in [3.8, 4) is 0 Å². The van der Waals surface area contributed by atoms with Crippen LogP contribution in [0.5, 0.6) is 0 Å². The van der Waals surface area contributed by atoms with Crippen LogP contribution in [-0.2, 0) is 24.7 Å². The molecule has 0 heterocycles. The second-order valence-electron chi connectivity index (χ2n) is 19.9. The molecule has 3 nitrogen and oxygen atoms in total. The third-order valence-electron chi connectivity index (χ3n) is 10.3. The summed E-state index contributed by atoms with van der Waals surface area (Å²) in [5, 5.41) is 1.40. The molecule has 0 amide bonds. The van der Waals surface area contributed by atoms with Gasteiger partial charge >= 0.3 is 332 Å². The summed E-state index contributed by atoms with van der Waals surface area (Å²) in [5.41, 5.74) is 9.37. The number of methoxy groups -OCH3 is 1. The number of nitrogens with zero attached hydrogens (tertiary/aromatic N) is 1. The van der Waals surface area contributed by atoms with Gasteiger partial charge in [0.05, 0.1) is 0 Å². The zero-order valence-corrected chi connectivity index (χ0v) is 39.9. The van der Waals surface area contributed by atoms with Gasteiger partial charge in [0.2, 0.25) is 0 Å². The van der Waals surface area contributed by atoms with Crippen LogP contribution in [0.1, 0.15) is 181 Å². The van der Waals surface area contributed by atoms with E-state index in [4.69, 9.17) is 13.5 Å². The van der Waals surface area contributed by atoms with Crippen molar-refractivity contribution in [2.24, 2.45) is 4.99 Å². The molecule has 0 aliphatic rings. The zero-order chi connectivity index (χ0) is 40.3. The SMILES string of the molecule is CO/C(=C/N=Cc1ccccc1)[O][Ge@@]([CH]=Pc1c(C(C)(C)C)cc(C(C)(C)C)cc1C(C)(C)C)([c]1c(C(C)C)cc(C(C)C)cc1C(C)C)[C](C)(C)C. The third-order valence-corrected chi connectivity index (χ3v) is 23.1. The van der Waals surface area contributed by atoms with Gasteiger partial charge in [0, 0.05) is 0 Å². The Balaban J connectivity index is 2.61. The normalized spacial score (nSPS) is 14.9. The van der Waals surface area contributed by atoms with Crippen LogP contribution in [0.4, 0.5) is 0 Å². The molecule has 0 saturated heterocycles. The number of aliphatic imine (C=N–C) groups is 1. The van der Waals surface area contributed by atoms with E-state index in [0.717, 1.165) is 5.56 Å². The van der Waals surface area contributed by atoms with Gasteiger partial charge in [-0.2, -0.15) is 0 Å². The minimum atomic E-state index is -3.95. The summed E-state index contributed by atoms with van der Waals surface area (Å²) in [6.45, 7) is 42.4. The molecule has 0 spiro atoms. The van der Waals surface area contributed by atoms with Crippen LogP contribution < -0.4 is 9.70 Å². The van der Waals surface area contributed by atoms with E-state index in [1.165, 1.54) is 51.3 Å². The molecular formula is C48H72GeNO2P. The summed E-state index contributed by atoms with van der Waals surface area (Å²) in [5.74, 6) is 1.51. The van der Waals surface area contributed by atoms with Crippen LogP contribution in [-0.4, -0.2) is 31.6 Å². The van der Waals surface area contributed by atoms with Gasteiger partial charge in [0.1, 0.15) is 0 Å². The van der Waals surface area contributed by atoms with Crippen molar-refractivity contribution >= 4 is 42.4 Å². The van der Waals surface area contributed by atoms with Crippen LogP contribution in [0.15, 0.2) is 71.7 Å². The predicted molar refractivity (Wildman–Crippen MR) is 239 cm³/mol. The summed E-state index contributed by atoms with van der Waals surface area (Å²) < 4.78 is 17.7. The molecule has 0 aromatic heterocycles. The van der Waals surface area contributed by atoms with Crippen molar-refractivity contribution in [3.63, 3.8) is 0 Å². The first kappa shape index (κ1) is 44.8. The van der Waals surface area contributed by atoms with E-state index < -0.39 is 13.6 Å². The molecule has 3 aromatic carbocycles. The fourth-order valence-electron chi connectivity index (χ4n) is 6.76. The van der Waals surface area contributed by atoms with Gasteiger partial charge in [-0.1, -0.05) is 0 Å². The first-order valence-corrected chi connectivity index (χ1v) is 24.8. The Morgan fingerprint density at radius 3 is 1.55 bits per heavy atom. The third kappa shape index (κ3) is 10.8. The van der Waals surface area contributed by atoms with E-state index >= 15 is 0 Å². The van der Waals surface area contributed by atoms with Crippen molar-refractivity contribution < 1.29 is 8.50 Å². The summed E-state index contributed by atoms with van der Waals surface area (Å²) in [4.78, 5) is 4.75. The first-order chi connectivity index (χ1) is 24.2. The number of ether oxygens (including phenoxy) is 1. The Morgan fingerprint density at radius 2 is 1.17 bits per heavy atom. The van der Waals surface area contributed by atoms with E-state index in [2.05, 4.69) is 166 Å². The summed E-state index contributed by atoms with van der Waals surface area (Å²) in [6, 6.07) is 20.1. The van der Waals surface area contributed by atoms with Crippen LogP contribution in [0.3, 0.4) is 0 Å². The van der Waals surface area contributed by atoms with E-state index in [1.807, 2.05) is 24.4 Å². The summed E-state index contributed by atoms with van der Waals surface area (Å²) in [6.07, 6.45) is 3.64. The van der Waals surface area contributed by atoms with Gasteiger partial charge in [-0.3, -0.25) is 0 Å². The maximum absolute atomic E-state index is 7.66. The standard InChI is InChI=1S/C48H72GeNO2P/c1-32(2)36-25-38(33(3)4)43(39(26-36)34(5)6)49(48(16,17)18,52-42(51-19)30-50-29-35-23-21-20-22-24-35)31-53-44-40(46(10,11)12)27-37(45(7,8)9)28-41(44)47(13,14)15/h20-34H,1-19H3/b42-30-,50-29?/t49-/m0/s1. The van der Waals surface area contributed by atoms with Gasteiger partial charge in [-0.05, 0) is 0 Å². The Morgan fingerprint density at radius 1 is 0.679 bits per heavy atom. The maximum atomic E-state index is 7.66. The van der Waals surface area contributed by atoms with E-state index in [1.54, 1.807) is 13.3 Å². The Bertz CT molecular complexity index is 1720. The van der Waals surface area contributed by atoms with Crippen molar-refractivity contribution in [2.45, 2.75) is 163 Å². The molecule has 0 fully saturated rings. The van der Waals surface area contributed by atoms with Gasteiger partial charge < -0.3 is 0 Å². The fourth-order valence-corrected chi connectivity index (χ4v) is 20.9. The molecular weight excluding hydrogens is 726 g/mol. The van der Waals surface area contributed by atoms with Crippen LogP contribution in [0, 0.1) is 0 Å². The quantitative estimate of drug-likeness (QED) is 0.0837. The zero-order valence-electron chi connectivity index (χ0n) is 36.9. The summed E-state index contributed by atoms with van der Waals surface area (Å²) >= 11 is -3.95. The second kappa shape index (κ2) is 17.0. The van der Waals surface area contributed by atoms with Gasteiger partial charge in [0.25, 0.3) is 0 Å². The molecule has 1 atom stereocenters. The average molecular weight is 799 g/mol. The fraction of sp³-hybridized carbons (Fsp3) is 0.542. The Hall–Kier alpha value is -2.62. The molecule has 0 bridgehead atoms. The van der Waals surface area contributed by atoms with Crippen molar-refractivity contribution in [1.82, 2.24) is 0 Å². The average Bonchev–Trinajstić information content (AvgIpc) is 3.03. The molecule has 0 N–H and O–H groups in total. The predicted octanol–water partition coefficient (Wildman–Crippen LogP) is 13.1. The van der Waals surface area contributed by atoms with E-state index in [9.17, 15) is 0 Å². The van der Waals surface area contributed by atoms with Gasteiger partial charge in [0.15, 0.2) is 0 Å². The van der Waals surface area contributed by atoms with Gasteiger partial charge in [-0.25, -0.2) is 0 Å². The molecule has 3 aromatic rings. The molecule has 5 heteroatoms. The Kier molecular flexibility index (Phi) is 14.4. The molecule has 0 radical (unpaired) electrons. The second-order valence-corrected chi connectivity index (χ2v) is 30.2. The molecule has 53 heavy (non-hydrogen) atoms. The molecule has 0 aliphatic heterocycles. The van der Waals surface area contributed by atoms with Crippen molar-refractivity contribution in [2.75, 3.05) is 7.11 Å². The minimum absolute atomic E-state index is 0.0319. The molecule has 0 unspecified atom stereocenters. The van der Waals surface area contributed by atoms with E-state index in [-0.39, 0.29) is 20.5 Å². The molecule has 290 valence electrons. The molecule has 0 saturated carbocycles. The van der Waals surface area contributed by atoms with Crippen molar-refractivity contribution in [3.05, 3.63) is 106 Å². The Labute approximate surface area is 330 Å². The number of benzene rings is 3. The monoisotopic (exact) mass is 799 g/mol.